The van der Waals surface area contributed by atoms with E-state index in [4.69, 9.17) is 0 Å². The second-order valence-electron chi connectivity index (χ2n) is 3.15. The molecule has 0 radical (unpaired) electrons. The topological polar surface area (TPSA) is 86.7 Å². The van der Waals surface area contributed by atoms with Crippen molar-refractivity contribution in [3.63, 3.8) is 0 Å². The van der Waals surface area contributed by atoms with Gasteiger partial charge in [-0.05, 0) is 6.92 Å². The first-order valence-corrected chi connectivity index (χ1v) is 5.07. The number of rotatable bonds is 5. The van der Waals surface area contributed by atoms with Crippen molar-refractivity contribution >= 4 is 23.5 Å². The Morgan fingerprint density at radius 3 is 1.47 bits per heavy atom. The number of esters is 2. The predicted molar refractivity (Wildman–Crippen MR) is 59.2 cm³/mol. The summed E-state index contributed by atoms with van der Waals surface area (Å²) in [5.74, 6) is -1.01. The van der Waals surface area contributed by atoms with Gasteiger partial charge < -0.3 is 9.47 Å². The Labute approximate surface area is 100 Å². The smallest absolute Gasteiger partial charge is 0.303 e. The monoisotopic (exact) mass is 246 g/mol. The molecule has 6 nitrogen and oxygen atoms in total. The van der Waals surface area contributed by atoms with E-state index in [1.165, 1.54) is 20.8 Å². The van der Waals surface area contributed by atoms with Gasteiger partial charge in [-0.15, -0.1) is 0 Å². The number of hydrogen-bond acceptors (Lipinski definition) is 6. The van der Waals surface area contributed by atoms with E-state index < -0.39 is 11.9 Å². The molecule has 0 rings (SSSR count). The zero-order valence-corrected chi connectivity index (χ0v) is 10.6. The molecule has 0 unspecified atom stereocenters. The molecular formula is C11H18O6. The molecule has 0 saturated heterocycles. The van der Waals surface area contributed by atoms with Crippen LogP contribution in [-0.2, 0) is 28.7 Å². The van der Waals surface area contributed by atoms with Crippen LogP contribution in [0.4, 0.5) is 0 Å². The van der Waals surface area contributed by atoms with Crippen molar-refractivity contribution in [2.45, 2.75) is 34.1 Å². The predicted octanol–water partition coefficient (Wildman–Crippen LogP) is 0.667. The minimum Gasteiger partial charge on any atom is -0.458 e. The van der Waals surface area contributed by atoms with E-state index in [1.54, 1.807) is 6.92 Å². The van der Waals surface area contributed by atoms with Gasteiger partial charge in [-0.2, -0.15) is 0 Å². The number of ketones is 2. The van der Waals surface area contributed by atoms with Gasteiger partial charge in [0, 0.05) is 20.3 Å². The molecule has 0 amide bonds. The summed E-state index contributed by atoms with van der Waals surface area (Å²) in [5, 5.41) is 0. The summed E-state index contributed by atoms with van der Waals surface area (Å²) in [6.45, 7) is 5.46. The molecule has 0 aromatic heterocycles. The van der Waals surface area contributed by atoms with Gasteiger partial charge in [0.25, 0.3) is 0 Å². The summed E-state index contributed by atoms with van der Waals surface area (Å²) in [5.41, 5.74) is 0. The van der Waals surface area contributed by atoms with Gasteiger partial charge in [0.2, 0.25) is 0 Å². The van der Waals surface area contributed by atoms with Crippen LogP contribution in [0.5, 0.6) is 0 Å². The Hall–Kier alpha value is -1.72. The molecule has 0 bridgehead atoms. The number of carbonyl (C=O) groups is 4. The molecule has 0 aliphatic carbocycles. The summed E-state index contributed by atoms with van der Waals surface area (Å²) in [7, 11) is 0. The lowest BCUT2D eigenvalue weighted by atomic mass is 10.3. The maximum Gasteiger partial charge on any atom is 0.303 e. The maximum absolute atomic E-state index is 10.4. The fraction of sp³-hybridized carbons (Fsp3) is 0.636. The van der Waals surface area contributed by atoms with Gasteiger partial charge in [0.15, 0.2) is 11.6 Å². The summed E-state index contributed by atoms with van der Waals surface area (Å²) in [6, 6.07) is 0. The average molecular weight is 246 g/mol. The Balaban J connectivity index is 0. The van der Waals surface area contributed by atoms with Gasteiger partial charge in [0.05, 0.1) is 0 Å². The lowest BCUT2D eigenvalue weighted by Gasteiger charge is -1.96. The van der Waals surface area contributed by atoms with Crippen LogP contribution in [-0.4, -0.2) is 36.7 Å². The maximum atomic E-state index is 10.4. The Bertz CT molecular complexity index is 268. The van der Waals surface area contributed by atoms with Gasteiger partial charge in [-0.3, -0.25) is 19.2 Å². The van der Waals surface area contributed by atoms with Gasteiger partial charge in [-0.1, -0.05) is 6.92 Å². The van der Waals surface area contributed by atoms with Crippen LogP contribution in [0.1, 0.15) is 34.1 Å². The molecule has 0 aromatic rings. The van der Waals surface area contributed by atoms with E-state index in [2.05, 4.69) is 9.47 Å². The van der Waals surface area contributed by atoms with Crippen molar-refractivity contribution in [1.82, 2.24) is 0 Å². The highest BCUT2D eigenvalue weighted by atomic mass is 16.5. The molecule has 0 aliphatic rings. The van der Waals surface area contributed by atoms with Crippen LogP contribution in [0.25, 0.3) is 0 Å². The van der Waals surface area contributed by atoms with E-state index in [-0.39, 0.29) is 24.8 Å². The SMILES string of the molecule is CC(=O)COC(C)=O.CCC(=O)COC(C)=O. The standard InChI is InChI=1S/C6H10O3.C5H8O3/c1-3-6(8)4-9-5(2)7;1-4(6)3-8-5(2)7/h3-4H2,1-2H3;3H2,1-2H3. The number of Topliss-reactive ketones (excluding diaryl/α,β-unsaturated/α-hetero) is 2. The van der Waals surface area contributed by atoms with Crippen LogP contribution >= 0.6 is 0 Å². The molecule has 0 atom stereocenters. The third-order valence-corrected chi connectivity index (χ3v) is 1.31. The van der Waals surface area contributed by atoms with E-state index in [0.717, 1.165) is 0 Å². The molecule has 0 saturated carbocycles. The minimum absolute atomic E-state index is 0.0507. The minimum atomic E-state index is -0.416. The lowest BCUT2D eigenvalue weighted by Crippen LogP contribution is -2.09. The average Bonchev–Trinajstić information content (AvgIpc) is 2.23. The third-order valence-electron chi connectivity index (χ3n) is 1.31. The van der Waals surface area contributed by atoms with E-state index in [1.807, 2.05) is 0 Å². The molecule has 0 heterocycles. The molecule has 98 valence electrons. The van der Waals surface area contributed by atoms with Crippen LogP contribution in [0.3, 0.4) is 0 Å². The van der Waals surface area contributed by atoms with Crippen LogP contribution in [0.2, 0.25) is 0 Å². The summed E-state index contributed by atoms with van der Waals surface area (Å²) >= 11 is 0. The molecule has 0 spiro atoms. The first-order valence-electron chi connectivity index (χ1n) is 5.07. The van der Waals surface area contributed by atoms with Crippen molar-refractivity contribution in [2.75, 3.05) is 13.2 Å². The van der Waals surface area contributed by atoms with Crippen LogP contribution < -0.4 is 0 Å². The van der Waals surface area contributed by atoms with Crippen molar-refractivity contribution in [1.29, 1.82) is 0 Å². The van der Waals surface area contributed by atoms with Crippen molar-refractivity contribution in [2.24, 2.45) is 0 Å². The fourth-order valence-electron chi connectivity index (χ4n) is 0.487. The second kappa shape index (κ2) is 10.8. The Kier molecular flexibility index (Phi) is 11.2. The molecule has 0 N–H and O–H groups in total. The third kappa shape index (κ3) is 20.4. The van der Waals surface area contributed by atoms with Gasteiger partial charge in [-0.25, -0.2) is 0 Å². The highest BCUT2D eigenvalue weighted by Crippen LogP contribution is 1.82. The van der Waals surface area contributed by atoms with Crippen LogP contribution in [0.15, 0.2) is 0 Å². The van der Waals surface area contributed by atoms with E-state index in [9.17, 15) is 19.2 Å². The van der Waals surface area contributed by atoms with Gasteiger partial charge in [0.1, 0.15) is 13.2 Å². The molecule has 17 heavy (non-hydrogen) atoms. The summed E-state index contributed by atoms with van der Waals surface area (Å²) < 4.78 is 8.72. The normalized spacial score (nSPS) is 8.47. The van der Waals surface area contributed by atoms with Crippen LogP contribution in [0, 0.1) is 0 Å². The largest absolute Gasteiger partial charge is 0.458 e. The van der Waals surface area contributed by atoms with Crippen molar-refractivity contribution < 1.29 is 28.7 Å². The zero-order valence-electron chi connectivity index (χ0n) is 10.6. The first-order chi connectivity index (χ1) is 7.79. The zero-order chi connectivity index (χ0) is 13.8. The molecule has 6 heteroatoms. The van der Waals surface area contributed by atoms with Crippen molar-refractivity contribution in [3.05, 3.63) is 0 Å². The second-order valence-corrected chi connectivity index (χ2v) is 3.15. The lowest BCUT2D eigenvalue weighted by molar-refractivity contribution is -0.145. The highest BCUT2D eigenvalue weighted by molar-refractivity contribution is 5.81. The molecular weight excluding hydrogens is 228 g/mol. The summed E-state index contributed by atoms with van der Waals surface area (Å²) in [4.78, 5) is 40.6. The quantitative estimate of drug-likeness (QED) is 0.662. The molecule has 0 aliphatic heterocycles. The molecule has 0 fully saturated rings. The van der Waals surface area contributed by atoms with Crippen molar-refractivity contribution in [3.8, 4) is 0 Å². The Morgan fingerprint density at radius 2 is 1.24 bits per heavy atom. The number of ether oxygens (including phenoxy) is 2. The van der Waals surface area contributed by atoms with E-state index in [0.29, 0.717) is 6.42 Å². The van der Waals surface area contributed by atoms with E-state index >= 15 is 0 Å². The number of hydrogen-bond donors (Lipinski definition) is 0. The summed E-state index contributed by atoms with van der Waals surface area (Å²) in [6.07, 6.45) is 0.424. The first kappa shape index (κ1) is 17.7. The highest BCUT2D eigenvalue weighted by Gasteiger charge is 1.98. The van der Waals surface area contributed by atoms with Gasteiger partial charge >= 0.3 is 11.9 Å². The Morgan fingerprint density at radius 1 is 0.824 bits per heavy atom. The fourth-order valence-corrected chi connectivity index (χ4v) is 0.487. The molecule has 0 aromatic carbocycles. The number of carbonyl (C=O) groups excluding carboxylic acids is 4.